The SMILES string of the molecule is COc1ccc(-n2c([C@H]3CCCN3)nc3c(N4CCOCC4)cc(C#N)cc3c2=O)cc1F. The van der Waals surface area contributed by atoms with Crippen LogP contribution in [0.25, 0.3) is 16.6 Å². The van der Waals surface area contributed by atoms with Gasteiger partial charge in [0.05, 0.1) is 54.8 Å². The molecule has 2 saturated heterocycles. The molecule has 5 rings (SSSR count). The molecule has 0 radical (unpaired) electrons. The summed E-state index contributed by atoms with van der Waals surface area (Å²) in [6.45, 7) is 3.25. The molecule has 1 aromatic heterocycles. The van der Waals surface area contributed by atoms with Crippen molar-refractivity contribution in [3.8, 4) is 17.5 Å². The summed E-state index contributed by atoms with van der Waals surface area (Å²) in [7, 11) is 1.40. The van der Waals surface area contributed by atoms with E-state index in [0.717, 1.165) is 25.1 Å². The number of nitrogens with one attached hydrogen (secondary N) is 1. The van der Waals surface area contributed by atoms with Gasteiger partial charge in [-0.15, -0.1) is 0 Å². The number of rotatable bonds is 4. The smallest absolute Gasteiger partial charge is 0.266 e. The second-order valence-corrected chi connectivity index (χ2v) is 8.18. The van der Waals surface area contributed by atoms with Gasteiger partial charge in [-0.2, -0.15) is 5.26 Å². The molecule has 0 bridgehead atoms. The topological polar surface area (TPSA) is 92.4 Å². The molecular weight excluding hydrogens is 425 g/mol. The number of hydrogen-bond donors (Lipinski definition) is 1. The average Bonchev–Trinajstić information content (AvgIpc) is 3.39. The number of halogens is 1. The quantitative estimate of drug-likeness (QED) is 0.655. The number of ether oxygens (including phenoxy) is 2. The first kappa shape index (κ1) is 21.4. The molecule has 33 heavy (non-hydrogen) atoms. The fourth-order valence-corrected chi connectivity index (χ4v) is 4.58. The van der Waals surface area contributed by atoms with Gasteiger partial charge in [-0.3, -0.25) is 9.36 Å². The zero-order valence-corrected chi connectivity index (χ0v) is 18.3. The third kappa shape index (κ3) is 3.81. The van der Waals surface area contributed by atoms with E-state index in [9.17, 15) is 14.4 Å². The summed E-state index contributed by atoms with van der Waals surface area (Å²) < 4.78 is 26.5. The summed E-state index contributed by atoms with van der Waals surface area (Å²) in [6, 6.07) is 9.79. The summed E-state index contributed by atoms with van der Waals surface area (Å²) in [4.78, 5) is 20.9. The third-order valence-electron chi connectivity index (χ3n) is 6.23. The van der Waals surface area contributed by atoms with Crippen LogP contribution in [-0.4, -0.2) is 49.5 Å². The van der Waals surface area contributed by atoms with Gasteiger partial charge in [0.1, 0.15) is 11.3 Å². The van der Waals surface area contributed by atoms with Gasteiger partial charge >= 0.3 is 0 Å². The van der Waals surface area contributed by atoms with Crippen LogP contribution in [0.3, 0.4) is 0 Å². The summed E-state index contributed by atoms with van der Waals surface area (Å²) in [6.07, 6.45) is 1.78. The Morgan fingerprint density at radius 1 is 1.27 bits per heavy atom. The molecule has 8 nitrogen and oxygen atoms in total. The van der Waals surface area contributed by atoms with E-state index in [4.69, 9.17) is 14.5 Å². The van der Waals surface area contributed by atoms with Crippen LogP contribution in [0, 0.1) is 17.1 Å². The second kappa shape index (κ2) is 8.81. The third-order valence-corrected chi connectivity index (χ3v) is 6.23. The van der Waals surface area contributed by atoms with Gasteiger partial charge in [-0.25, -0.2) is 9.37 Å². The highest BCUT2D eigenvalue weighted by atomic mass is 19.1. The average molecular weight is 449 g/mol. The van der Waals surface area contributed by atoms with E-state index in [1.807, 2.05) is 0 Å². The molecule has 0 saturated carbocycles. The minimum Gasteiger partial charge on any atom is -0.494 e. The van der Waals surface area contributed by atoms with Crippen LogP contribution >= 0.6 is 0 Å². The van der Waals surface area contributed by atoms with E-state index >= 15 is 0 Å². The predicted octanol–water partition coefficient (Wildman–Crippen LogP) is 2.67. The predicted molar refractivity (Wildman–Crippen MR) is 122 cm³/mol. The molecular formula is C24H24FN5O3. The Hall–Kier alpha value is -3.48. The summed E-state index contributed by atoms with van der Waals surface area (Å²) >= 11 is 0. The minimum atomic E-state index is -0.563. The van der Waals surface area contributed by atoms with E-state index in [0.29, 0.717) is 54.3 Å². The van der Waals surface area contributed by atoms with Crippen LogP contribution in [0.1, 0.15) is 30.3 Å². The number of hydrogen-bond acceptors (Lipinski definition) is 7. The molecule has 9 heteroatoms. The first-order chi connectivity index (χ1) is 16.1. The molecule has 1 atom stereocenters. The van der Waals surface area contributed by atoms with Crippen molar-refractivity contribution in [2.24, 2.45) is 0 Å². The van der Waals surface area contributed by atoms with Gasteiger partial charge in [0.15, 0.2) is 11.6 Å². The Labute approximate surface area is 190 Å². The molecule has 2 aromatic carbocycles. The van der Waals surface area contributed by atoms with Crippen molar-refractivity contribution in [3.05, 3.63) is 57.9 Å². The van der Waals surface area contributed by atoms with E-state index < -0.39 is 5.82 Å². The molecule has 3 heterocycles. The fraction of sp³-hybridized carbons (Fsp3) is 0.375. The molecule has 0 unspecified atom stereocenters. The standard InChI is InChI=1S/C24H24FN5O3/c1-32-21-5-4-16(13-18(21)25)30-23(19-3-2-6-27-19)28-22-17(24(30)31)11-15(14-26)12-20(22)29-7-9-33-10-8-29/h4-5,11-13,19,27H,2-3,6-10H2,1H3/t19-/m1/s1. The number of aromatic nitrogens is 2. The first-order valence-electron chi connectivity index (χ1n) is 11.0. The van der Waals surface area contributed by atoms with Crippen molar-refractivity contribution in [1.82, 2.24) is 14.9 Å². The lowest BCUT2D eigenvalue weighted by molar-refractivity contribution is 0.123. The summed E-state index contributed by atoms with van der Waals surface area (Å²) in [5, 5.41) is 13.4. The molecule has 2 aliphatic rings. The monoisotopic (exact) mass is 449 g/mol. The molecule has 2 aliphatic heterocycles. The van der Waals surface area contributed by atoms with E-state index in [-0.39, 0.29) is 17.4 Å². The van der Waals surface area contributed by atoms with Gasteiger partial charge in [0.2, 0.25) is 0 Å². The van der Waals surface area contributed by atoms with E-state index in [1.54, 1.807) is 18.2 Å². The maximum absolute atomic E-state index is 14.6. The lowest BCUT2D eigenvalue weighted by atomic mass is 10.1. The minimum absolute atomic E-state index is 0.0995. The van der Waals surface area contributed by atoms with E-state index in [1.165, 1.54) is 23.8 Å². The lowest BCUT2D eigenvalue weighted by Crippen LogP contribution is -2.37. The summed E-state index contributed by atoms with van der Waals surface area (Å²) in [5.74, 6) is 0.0725. The lowest BCUT2D eigenvalue weighted by Gasteiger charge is -2.30. The van der Waals surface area contributed by atoms with Crippen molar-refractivity contribution in [3.63, 3.8) is 0 Å². The Morgan fingerprint density at radius 3 is 2.76 bits per heavy atom. The van der Waals surface area contributed by atoms with Gasteiger partial charge in [-0.05, 0) is 43.7 Å². The number of fused-ring (bicyclic) bond motifs is 1. The Bertz CT molecular complexity index is 1300. The van der Waals surface area contributed by atoms with Crippen molar-refractivity contribution in [2.75, 3.05) is 44.9 Å². The number of morpholine rings is 1. The maximum atomic E-state index is 14.6. The van der Waals surface area contributed by atoms with E-state index in [2.05, 4.69) is 16.3 Å². The number of nitriles is 1. The molecule has 0 spiro atoms. The number of nitrogens with zero attached hydrogens (tertiary/aromatic N) is 4. The van der Waals surface area contributed by atoms with Crippen LogP contribution in [0.2, 0.25) is 0 Å². The highest BCUT2D eigenvalue weighted by molar-refractivity contribution is 5.92. The number of methoxy groups -OCH3 is 1. The van der Waals surface area contributed by atoms with Crippen LogP contribution in [0.4, 0.5) is 10.1 Å². The van der Waals surface area contributed by atoms with Crippen LogP contribution in [0.15, 0.2) is 35.1 Å². The second-order valence-electron chi connectivity index (χ2n) is 8.18. The van der Waals surface area contributed by atoms with Crippen molar-refractivity contribution in [1.29, 1.82) is 5.26 Å². The normalized spacial score (nSPS) is 18.5. The molecule has 1 N–H and O–H groups in total. The highest BCUT2D eigenvalue weighted by Gasteiger charge is 2.26. The Morgan fingerprint density at radius 2 is 2.09 bits per heavy atom. The van der Waals surface area contributed by atoms with Gasteiger partial charge in [0.25, 0.3) is 5.56 Å². The molecule has 2 fully saturated rings. The summed E-state index contributed by atoms with van der Waals surface area (Å²) in [5.41, 5.74) is 1.71. The van der Waals surface area contributed by atoms with Crippen LogP contribution in [0.5, 0.6) is 5.75 Å². The molecule has 3 aromatic rings. The zero-order chi connectivity index (χ0) is 22.9. The van der Waals surface area contributed by atoms with Gasteiger partial charge < -0.3 is 19.7 Å². The maximum Gasteiger partial charge on any atom is 0.266 e. The zero-order valence-electron chi connectivity index (χ0n) is 18.3. The molecule has 170 valence electrons. The van der Waals surface area contributed by atoms with Gasteiger partial charge in [-0.1, -0.05) is 0 Å². The molecule has 0 amide bonds. The molecule has 0 aliphatic carbocycles. The van der Waals surface area contributed by atoms with Gasteiger partial charge in [0, 0.05) is 19.2 Å². The number of anilines is 1. The first-order valence-corrected chi connectivity index (χ1v) is 11.0. The Balaban J connectivity index is 1.80. The van der Waals surface area contributed by atoms with Crippen molar-refractivity contribution < 1.29 is 13.9 Å². The largest absolute Gasteiger partial charge is 0.494 e. The van der Waals surface area contributed by atoms with Crippen LogP contribution < -0.4 is 20.5 Å². The highest BCUT2D eigenvalue weighted by Crippen LogP contribution is 2.31. The Kier molecular flexibility index (Phi) is 5.70. The van der Waals surface area contributed by atoms with Crippen LogP contribution in [-0.2, 0) is 4.74 Å². The number of benzene rings is 2. The van der Waals surface area contributed by atoms with Crippen molar-refractivity contribution >= 4 is 16.6 Å². The van der Waals surface area contributed by atoms with Crippen molar-refractivity contribution in [2.45, 2.75) is 18.9 Å². The fourth-order valence-electron chi connectivity index (χ4n) is 4.58.